The van der Waals surface area contributed by atoms with Crippen molar-refractivity contribution in [3.63, 3.8) is 0 Å². The minimum atomic E-state index is -3.81. The average molecular weight is 499 g/mol. The summed E-state index contributed by atoms with van der Waals surface area (Å²) in [5.41, 5.74) is 2.84. The van der Waals surface area contributed by atoms with Gasteiger partial charge in [0.1, 0.15) is 6.04 Å². The Labute approximate surface area is 202 Å². The van der Waals surface area contributed by atoms with E-state index in [1.165, 1.54) is 30.6 Å². The number of hydrogen-bond donors (Lipinski definition) is 1. The van der Waals surface area contributed by atoms with Gasteiger partial charge in [-0.1, -0.05) is 31.2 Å². The second-order valence-corrected chi connectivity index (χ2v) is 11.6. The third-order valence-electron chi connectivity index (χ3n) is 6.46. The van der Waals surface area contributed by atoms with Crippen LogP contribution in [0, 0.1) is 0 Å². The van der Waals surface area contributed by atoms with Gasteiger partial charge in [-0.15, -0.1) is 11.3 Å². The summed E-state index contributed by atoms with van der Waals surface area (Å²) in [4.78, 5) is 24.6. The zero-order chi connectivity index (χ0) is 23.9. The molecule has 0 aliphatic carbocycles. The third-order valence-corrected chi connectivity index (χ3v) is 9.67. The summed E-state index contributed by atoms with van der Waals surface area (Å²) >= 11 is 1.40. The highest BCUT2D eigenvalue weighted by Gasteiger charge is 2.43. The Balaban J connectivity index is 1.34. The van der Waals surface area contributed by atoms with Crippen LogP contribution < -0.4 is 4.90 Å². The lowest BCUT2D eigenvalue weighted by Crippen LogP contribution is -2.40. The van der Waals surface area contributed by atoms with E-state index >= 15 is 0 Å². The van der Waals surface area contributed by atoms with E-state index in [9.17, 15) is 18.3 Å². The van der Waals surface area contributed by atoms with Gasteiger partial charge in [0.15, 0.2) is 0 Å². The number of aliphatic carboxylic acids is 1. The molecule has 1 N–H and O–H groups in total. The first-order valence-electron chi connectivity index (χ1n) is 11.4. The smallest absolute Gasteiger partial charge is 0.322 e. The van der Waals surface area contributed by atoms with Crippen LogP contribution in [0.15, 0.2) is 47.6 Å². The van der Waals surface area contributed by atoms with E-state index in [1.54, 1.807) is 13.0 Å². The maximum absolute atomic E-state index is 13.0. The van der Waals surface area contributed by atoms with E-state index in [4.69, 9.17) is 0 Å². The number of aromatic nitrogens is 2. The molecule has 0 radical (unpaired) electrons. The Morgan fingerprint density at radius 3 is 2.29 bits per heavy atom. The highest BCUT2D eigenvalue weighted by atomic mass is 32.2. The Morgan fingerprint density at radius 2 is 1.71 bits per heavy atom. The van der Waals surface area contributed by atoms with Crippen molar-refractivity contribution in [2.24, 2.45) is 0 Å². The van der Waals surface area contributed by atoms with Crippen LogP contribution in [-0.4, -0.2) is 52.9 Å². The quantitative estimate of drug-likeness (QED) is 0.542. The van der Waals surface area contributed by atoms with Crippen LogP contribution in [0.25, 0.3) is 21.6 Å². The molecule has 8 nitrogen and oxygen atoms in total. The van der Waals surface area contributed by atoms with Gasteiger partial charge in [0, 0.05) is 40.8 Å². The van der Waals surface area contributed by atoms with Crippen molar-refractivity contribution in [2.75, 3.05) is 18.0 Å². The van der Waals surface area contributed by atoms with Crippen LogP contribution in [0.5, 0.6) is 0 Å². The van der Waals surface area contributed by atoms with Crippen molar-refractivity contribution < 1.29 is 18.3 Å². The predicted octanol–water partition coefficient (Wildman–Crippen LogP) is 4.23. The number of piperidine rings is 1. The van der Waals surface area contributed by atoms with Crippen LogP contribution in [0.3, 0.4) is 0 Å². The SMILES string of the molecule is CCC(C(=O)O)N1Cc2sc(-c3ccc(-c4cnc(N5CCCCC5)nc4)cc3)cc2S1(=O)=O. The number of carbonyl (C=O) groups is 1. The lowest BCUT2D eigenvalue weighted by Gasteiger charge is -2.26. The average Bonchev–Trinajstić information content (AvgIpc) is 3.38. The maximum Gasteiger partial charge on any atom is 0.322 e. The van der Waals surface area contributed by atoms with Gasteiger partial charge >= 0.3 is 5.97 Å². The topological polar surface area (TPSA) is 104 Å². The van der Waals surface area contributed by atoms with Gasteiger partial charge in [-0.05, 0) is 42.9 Å². The van der Waals surface area contributed by atoms with Gasteiger partial charge in [0.25, 0.3) is 0 Å². The Morgan fingerprint density at radius 1 is 1.06 bits per heavy atom. The number of benzene rings is 1. The number of fused-ring (bicyclic) bond motifs is 1. The Kier molecular flexibility index (Phi) is 6.13. The van der Waals surface area contributed by atoms with Crippen molar-refractivity contribution >= 4 is 33.3 Å². The van der Waals surface area contributed by atoms with Crippen LogP contribution >= 0.6 is 11.3 Å². The molecule has 1 unspecified atom stereocenters. The molecular formula is C24H26N4O4S2. The molecule has 2 aliphatic heterocycles. The lowest BCUT2D eigenvalue weighted by molar-refractivity contribution is -0.141. The lowest BCUT2D eigenvalue weighted by atomic mass is 10.1. The highest BCUT2D eigenvalue weighted by molar-refractivity contribution is 7.89. The summed E-state index contributed by atoms with van der Waals surface area (Å²) in [7, 11) is -3.81. The van der Waals surface area contributed by atoms with Crippen molar-refractivity contribution in [1.29, 1.82) is 0 Å². The molecule has 1 atom stereocenters. The van der Waals surface area contributed by atoms with Gasteiger partial charge in [-0.3, -0.25) is 4.79 Å². The maximum atomic E-state index is 13.0. The number of thiophene rings is 1. The van der Waals surface area contributed by atoms with E-state index < -0.39 is 22.0 Å². The molecule has 0 spiro atoms. The molecule has 10 heteroatoms. The molecule has 2 aliphatic rings. The van der Waals surface area contributed by atoms with Crippen molar-refractivity contribution in [3.05, 3.63) is 47.6 Å². The van der Waals surface area contributed by atoms with E-state index in [-0.39, 0.29) is 17.9 Å². The summed E-state index contributed by atoms with van der Waals surface area (Å²) in [6, 6.07) is 8.51. The van der Waals surface area contributed by atoms with Crippen LogP contribution in [0.1, 0.15) is 37.5 Å². The van der Waals surface area contributed by atoms with Gasteiger partial charge < -0.3 is 10.0 Å². The number of anilines is 1. The zero-order valence-corrected chi connectivity index (χ0v) is 20.5. The number of hydrogen-bond acceptors (Lipinski definition) is 7. The predicted molar refractivity (Wildman–Crippen MR) is 131 cm³/mol. The van der Waals surface area contributed by atoms with E-state index in [1.807, 2.05) is 36.7 Å². The standard InChI is InChI=1S/C24H26N4O4S2/c1-2-19(23(29)30)28-15-21-22(34(28,31)32)12-20(33-21)17-8-6-16(7-9-17)18-13-25-24(26-14-18)27-10-4-3-5-11-27/h6-9,12-14,19H,2-5,10-11,15H2,1H3,(H,29,30). The monoisotopic (exact) mass is 498 g/mol. The molecular weight excluding hydrogens is 472 g/mol. The van der Waals surface area contributed by atoms with E-state index in [0.717, 1.165) is 44.9 Å². The number of sulfonamides is 1. The minimum absolute atomic E-state index is 0.103. The van der Waals surface area contributed by atoms with Gasteiger partial charge in [-0.2, -0.15) is 4.31 Å². The molecule has 4 heterocycles. The normalized spacial score (nSPS) is 18.6. The highest BCUT2D eigenvalue weighted by Crippen LogP contribution is 2.42. The number of carboxylic acids is 1. The van der Waals surface area contributed by atoms with E-state index in [0.29, 0.717) is 4.88 Å². The van der Waals surface area contributed by atoms with Gasteiger partial charge in [-0.25, -0.2) is 18.4 Å². The van der Waals surface area contributed by atoms with Crippen LogP contribution in [0.4, 0.5) is 5.95 Å². The second kappa shape index (κ2) is 9.09. The fourth-order valence-electron chi connectivity index (χ4n) is 4.57. The molecule has 0 bridgehead atoms. The number of rotatable bonds is 6. The first-order chi connectivity index (χ1) is 16.4. The largest absolute Gasteiger partial charge is 0.480 e. The molecule has 2 aromatic heterocycles. The molecule has 3 aromatic rings. The van der Waals surface area contributed by atoms with Crippen molar-refractivity contribution in [3.8, 4) is 21.6 Å². The van der Waals surface area contributed by atoms with Crippen LogP contribution in [-0.2, 0) is 21.4 Å². The molecule has 1 fully saturated rings. The molecule has 0 amide bonds. The summed E-state index contributed by atoms with van der Waals surface area (Å²) in [6.07, 6.45) is 7.53. The van der Waals surface area contributed by atoms with Gasteiger partial charge in [0.05, 0.1) is 11.4 Å². The summed E-state index contributed by atoms with van der Waals surface area (Å²) < 4.78 is 27.0. The molecule has 1 saturated heterocycles. The summed E-state index contributed by atoms with van der Waals surface area (Å²) in [6.45, 7) is 3.79. The minimum Gasteiger partial charge on any atom is -0.480 e. The van der Waals surface area contributed by atoms with E-state index in [2.05, 4.69) is 14.9 Å². The fourth-order valence-corrected chi connectivity index (χ4v) is 7.97. The molecule has 0 saturated carbocycles. The fraction of sp³-hybridized carbons (Fsp3) is 0.375. The first-order valence-corrected chi connectivity index (χ1v) is 13.7. The van der Waals surface area contributed by atoms with Crippen molar-refractivity contribution in [1.82, 2.24) is 14.3 Å². The number of nitrogens with zero attached hydrogens (tertiary/aromatic N) is 4. The van der Waals surface area contributed by atoms with Crippen LogP contribution in [0.2, 0.25) is 0 Å². The molecule has 178 valence electrons. The summed E-state index contributed by atoms with van der Waals surface area (Å²) in [5, 5.41) is 9.40. The van der Waals surface area contributed by atoms with Gasteiger partial charge in [0.2, 0.25) is 16.0 Å². The molecule has 5 rings (SSSR count). The second-order valence-electron chi connectivity index (χ2n) is 8.61. The third kappa shape index (κ3) is 4.10. The first kappa shape index (κ1) is 22.9. The Bertz CT molecular complexity index is 1300. The zero-order valence-electron chi connectivity index (χ0n) is 18.8. The summed E-state index contributed by atoms with van der Waals surface area (Å²) in [5.74, 6) is -0.346. The number of carboxylic acid groups (broad SMARTS) is 1. The molecule has 1 aromatic carbocycles. The van der Waals surface area contributed by atoms with Crippen molar-refractivity contribution in [2.45, 2.75) is 50.1 Å². The Hall–Kier alpha value is -2.82. The molecule has 34 heavy (non-hydrogen) atoms.